The zero-order chi connectivity index (χ0) is 14.3. The van der Waals surface area contributed by atoms with Crippen LogP contribution in [0.5, 0.6) is 0 Å². The SMILES string of the molecule is Cc1csc2c(NC3COCC3(C)C(=O)O)ncnc12. The third kappa shape index (κ3) is 1.94. The number of carbonyl (C=O) groups is 1. The molecular formula is C13H15N3O3S. The molecule has 2 atom stereocenters. The van der Waals surface area contributed by atoms with Gasteiger partial charge in [0.25, 0.3) is 0 Å². The normalized spacial score (nSPS) is 26.0. The van der Waals surface area contributed by atoms with Gasteiger partial charge >= 0.3 is 5.97 Å². The Kier molecular flexibility index (Phi) is 3.10. The number of nitrogens with zero attached hydrogens (tertiary/aromatic N) is 2. The molecule has 7 heteroatoms. The van der Waals surface area contributed by atoms with Gasteiger partial charge in [0.15, 0.2) is 0 Å². The lowest BCUT2D eigenvalue weighted by Crippen LogP contribution is -2.43. The van der Waals surface area contributed by atoms with Gasteiger partial charge in [-0.05, 0) is 24.8 Å². The van der Waals surface area contributed by atoms with E-state index in [-0.39, 0.29) is 12.6 Å². The Balaban J connectivity index is 1.95. The first kappa shape index (κ1) is 13.3. The number of rotatable bonds is 3. The standard InChI is InChI=1S/C13H15N3O3S/c1-7-4-20-10-9(7)14-6-15-11(10)16-8-3-19-5-13(8,2)12(17)18/h4,6,8H,3,5H2,1-2H3,(H,17,18)(H,14,15,16). The highest BCUT2D eigenvalue weighted by molar-refractivity contribution is 7.18. The van der Waals surface area contributed by atoms with Crippen LogP contribution >= 0.6 is 11.3 Å². The highest BCUT2D eigenvalue weighted by atomic mass is 32.1. The number of aryl methyl sites for hydroxylation is 1. The van der Waals surface area contributed by atoms with Crippen LogP contribution in [-0.2, 0) is 9.53 Å². The molecule has 6 nitrogen and oxygen atoms in total. The molecule has 2 aromatic heterocycles. The lowest BCUT2D eigenvalue weighted by molar-refractivity contribution is -0.148. The number of thiophene rings is 1. The summed E-state index contributed by atoms with van der Waals surface area (Å²) in [5.41, 5.74) is 1.06. The zero-order valence-electron chi connectivity index (χ0n) is 11.2. The van der Waals surface area contributed by atoms with Crippen LogP contribution in [0.4, 0.5) is 5.82 Å². The molecule has 2 unspecified atom stereocenters. The van der Waals surface area contributed by atoms with Crippen LogP contribution in [0.25, 0.3) is 10.2 Å². The Bertz CT molecular complexity index is 672. The highest BCUT2D eigenvalue weighted by Gasteiger charge is 2.47. The number of fused-ring (bicyclic) bond motifs is 1. The van der Waals surface area contributed by atoms with Crippen LogP contribution in [0.3, 0.4) is 0 Å². The minimum Gasteiger partial charge on any atom is -0.481 e. The number of carboxylic acid groups (broad SMARTS) is 1. The van der Waals surface area contributed by atoms with Crippen molar-refractivity contribution in [1.82, 2.24) is 9.97 Å². The minimum atomic E-state index is -0.941. The smallest absolute Gasteiger partial charge is 0.313 e. The van der Waals surface area contributed by atoms with Crippen molar-refractivity contribution in [3.63, 3.8) is 0 Å². The zero-order valence-corrected chi connectivity index (χ0v) is 12.0. The van der Waals surface area contributed by atoms with Crippen molar-refractivity contribution in [2.45, 2.75) is 19.9 Å². The van der Waals surface area contributed by atoms with Gasteiger partial charge < -0.3 is 15.2 Å². The van der Waals surface area contributed by atoms with Crippen molar-refractivity contribution in [3.05, 3.63) is 17.3 Å². The molecule has 0 spiro atoms. The Hall–Kier alpha value is -1.73. The van der Waals surface area contributed by atoms with Crippen LogP contribution in [0, 0.1) is 12.3 Å². The number of aliphatic carboxylic acids is 1. The van der Waals surface area contributed by atoms with Crippen molar-refractivity contribution >= 4 is 33.3 Å². The van der Waals surface area contributed by atoms with Gasteiger partial charge in [-0.25, -0.2) is 9.97 Å². The Morgan fingerprint density at radius 1 is 1.60 bits per heavy atom. The fourth-order valence-corrected chi connectivity index (χ4v) is 3.28. The van der Waals surface area contributed by atoms with Crippen molar-refractivity contribution in [2.24, 2.45) is 5.41 Å². The average molecular weight is 293 g/mol. The summed E-state index contributed by atoms with van der Waals surface area (Å²) >= 11 is 1.56. The number of ether oxygens (including phenoxy) is 1. The summed E-state index contributed by atoms with van der Waals surface area (Å²) in [5, 5.41) is 14.6. The topological polar surface area (TPSA) is 84.3 Å². The third-order valence-corrected chi connectivity index (χ3v) is 4.88. The molecule has 0 bridgehead atoms. The van der Waals surface area contributed by atoms with Gasteiger partial charge in [-0.2, -0.15) is 0 Å². The molecule has 1 aliphatic rings. The average Bonchev–Trinajstić information content (AvgIpc) is 2.97. The quantitative estimate of drug-likeness (QED) is 0.899. The lowest BCUT2D eigenvalue weighted by Gasteiger charge is -2.25. The summed E-state index contributed by atoms with van der Waals surface area (Å²) in [6.07, 6.45) is 1.50. The molecule has 3 heterocycles. The fraction of sp³-hybridized carbons (Fsp3) is 0.462. The van der Waals surface area contributed by atoms with Gasteiger partial charge in [-0.3, -0.25) is 4.79 Å². The molecule has 0 radical (unpaired) electrons. The van der Waals surface area contributed by atoms with E-state index < -0.39 is 11.4 Å². The maximum atomic E-state index is 11.4. The molecule has 0 aromatic carbocycles. The fourth-order valence-electron chi connectivity index (χ4n) is 2.32. The Morgan fingerprint density at radius 3 is 3.15 bits per heavy atom. The maximum Gasteiger partial charge on any atom is 0.313 e. The van der Waals surface area contributed by atoms with Gasteiger partial charge in [-0.1, -0.05) is 0 Å². The second kappa shape index (κ2) is 4.68. The second-order valence-electron chi connectivity index (χ2n) is 5.25. The number of aromatic nitrogens is 2. The molecule has 1 aliphatic heterocycles. The van der Waals surface area contributed by atoms with Crippen LogP contribution < -0.4 is 5.32 Å². The molecule has 1 fully saturated rings. The van der Waals surface area contributed by atoms with E-state index in [1.807, 2.05) is 12.3 Å². The van der Waals surface area contributed by atoms with E-state index in [1.165, 1.54) is 6.33 Å². The summed E-state index contributed by atoms with van der Waals surface area (Å²) in [6.45, 7) is 4.25. The number of nitrogens with one attached hydrogen (secondary N) is 1. The summed E-state index contributed by atoms with van der Waals surface area (Å²) in [5.74, 6) is -0.184. The van der Waals surface area contributed by atoms with E-state index in [0.29, 0.717) is 12.4 Å². The molecule has 2 N–H and O–H groups in total. The van der Waals surface area contributed by atoms with Crippen molar-refractivity contribution < 1.29 is 14.6 Å². The molecule has 2 aromatic rings. The van der Waals surface area contributed by atoms with Crippen molar-refractivity contribution in [1.29, 1.82) is 0 Å². The molecule has 1 saturated heterocycles. The van der Waals surface area contributed by atoms with Gasteiger partial charge in [0.1, 0.15) is 17.6 Å². The van der Waals surface area contributed by atoms with Crippen molar-refractivity contribution in [3.8, 4) is 0 Å². The molecule has 3 rings (SSSR count). The van der Waals surface area contributed by atoms with Gasteiger partial charge in [0, 0.05) is 0 Å². The molecule has 0 saturated carbocycles. The molecule has 0 amide bonds. The summed E-state index contributed by atoms with van der Waals surface area (Å²) in [7, 11) is 0. The first-order chi connectivity index (χ1) is 9.52. The van der Waals surface area contributed by atoms with E-state index in [0.717, 1.165) is 15.8 Å². The lowest BCUT2D eigenvalue weighted by atomic mass is 9.85. The van der Waals surface area contributed by atoms with Gasteiger partial charge in [0.2, 0.25) is 0 Å². The minimum absolute atomic E-state index is 0.206. The maximum absolute atomic E-state index is 11.4. The first-order valence-corrected chi connectivity index (χ1v) is 7.17. The Labute approximate surface area is 119 Å². The predicted molar refractivity (Wildman–Crippen MR) is 76.1 cm³/mol. The van der Waals surface area contributed by atoms with E-state index in [1.54, 1.807) is 18.3 Å². The number of hydrogen-bond donors (Lipinski definition) is 2. The summed E-state index contributed by atoms with van der Waals surface area (Å²) in [4.78, 5) is 19.9. The predicted octanol–water partition coefficient (Wildman–Crippen LogP) is 1.90. The van der Waals surface area contributed by atoms with E-state index in [9.17, 15) is 9.90 Å². The first-order valence-electron chi connectivity index (χ1n) is 6.29. The monoisotopic (exact) mass is 293 g/mol. The van der Waals surface area contributed by atoms with E-state index in [4.69, 9.17) is 4.74 Å². The van der Waals surface area contributed by atoms with Crippen LogP contribution in [0.2, 0.25) is 0 Å². The van der Waals surface area contributed by atoms with Gasteiger partial charge in [-0.15, -0.1) is 11.3 Å². The number of hydrogen-bond acceptors (Lipinski definition) is 6. The van der Waals surface area contributed by atoms with Crippen LogP contribution in [0.1, 0.15) is 12.5 Å². The van der Waals surface area contributed by atoms with E-state index >= 15 is 0 Å². The second-order valence-corrected chi connectivity index (χ2v) is 6.13. The molecular weight excluding hydrogens is 278 g/mol. The van der Waals surface area contributed by atoms with Crippen LogP contribution in [0.15, 0.2) is 11.7 Å². The number of anilines is 1. The van der Waals surface area contributed by atoms with Gasteiger partial charge in [0.05, 0.1) is 29.5 Å². The molecule has 0 aliphatic carbocycles. The molecule has 106 valence electrons. The van der Waals surface area contributed by atoms with Crippen LogP contribution in [-0.4, -0.2) is 40.3 Å². The summed E-state index contributed by atoms with van der Waals surface area (Å²) < 4.78 is 6.29. The highest BCUT2D eigenvalue weighted by Crippen LogP contribution is 2.34. The molecule has 20 heavy (non-hydrogen) atoms. The summed E-state index contributed by atoms with van der Waals surface area (Å²) in [6, 6.07) is -0.305. The van der Waals surface area contributed by atoms with Crippen molar-refractivity contribution in [2.75, 3.05) is 18.5 Å². The largest absolute Gasteiger partial charge is 0.481 e. The number of carboxylic acids is 1. The Morgan fingerprint density at radius 2 is 2.40 bits per heavy atom. The third-order valence-electron chi connectivity index (χ3n) is 3.79. The van der Waals surface area contributed by atoms with E-state index in [2.05, 4.69) is 15.3 Å².